The van der Waals surface area contributed by atoms with E-state index in [1.807, 2.05) is 7.11 Å². The van der Waals surface area contributed by atoms with Gasteiger partial charge < -0.3 is 9.64 Å². The van der Waals surface area contributed by atoms with Gasteiger partial charge in [0.1, 0.15) is 5.70 Å². The molecule has 0 amide bonds. The van der Waals surface area contributed by atoms with E-state index >= 15 is 0 Å². The molecule has 15 heavy (non-hydrogen) atoms. The Hall–Kier alpha value is -0.340. The van der Waals surface area contributed by atoms with Crippen LogP contribution in [0.4, 0.5) is 0 Å². The van der Waals surface area contributed by atoms with Crippen molar-refractivity contribution in [3.63, 3.8) is 0 Å². The average Bonchev–Trinajstić information content (AvgIpc) is 2.28. The minimum Gasteiger partial charge on any atom is -0.381 e. The maximum absolute atomic E-state index is 5.50. The van der Waals surface area contributed by atoms with E-state index in [9.17, 15) is 0 Å². The molecule has 0 radical (unpaired) electrons. The Kier molecular flexibility index (Phi) is 3.47. The molecule has 0 bridgehead atoms. The molecule has 2 rings (SSSR count). The van der Waals surface area contributed by atoms with Crippen LogP contribution in [0.3, 0.4) is 0 Å². The van der Waals surface area contributed by atoms with Gasteiger partial charge in [-0.2, -0.15) is 0 Å². The Morgan fingerprint density at radius 3 is 2.87 bits per heavy atom. The smallest absolute Gasteiger partial charge is 0.100 e. The second kappa shape index (κ2) is 4.67. The molecular weight excluding hydrogens is 186 g/mol. The number of likely N-dealkylation sites (tertiary alicyclic amines) is 1. The van der Waals surface area contributed by atoms with Crippen molar-refractivity contribution in [3.05, 3.63) is 12.3 Å². The van der Waals surface area contributed by atoms with E-state index in [0.717, 1.165) is 12.0 Å². The third-order valence-corrected chi connectivity index (χ3v) is 4.37. The van der Waals surface area contributed by atoms with Crippen molar-refractivity contribution in [2.45, 2.75) is 51.2 Å². The summed E-state index contributed by atoms with van der Waals surface area (Å²) in [6, 6.07) is 0.836. The fourth-order valence-electron chi connectivity index (χ4n) is 3.51. The molecule has 86 valence electrons. The number of piperidine rings is 1. The maximum atomic E-state index is 5.50. The minimum absolute atomic E-state index is 0.524. The van der Waals surface area contributed by atoms with E-state index in [4.69, 9.17) is 4.74 Å². The lowest BCUT2D eigenvalue weighted by Gasteiger charge is -2.43. The van der Waals surface area contributed by atoms with Gasteiger partial charge in [0.05, 0.1) is 18.7 Å². The Morgan fingerprint density at radius 2 is 2.20 bits per heavy atom. The highest BCUT2D eigenvalue weighted by molar-refractivity contribution is 4.92. The summed E-state index contributed by atoms with van der Waals surface area (Å²) in [6.45, 7) is 7.72. The van der Waals surface area contributed by atoms with E-state index < -0.39 is 0 Å². The summed E-state index contributed by atoms with van der Waals surface area (Å²) in [5, 5.41) is 0. The summed E-state index contributed by atoms with van der Waals surface area (Å²) in [5.74, 6) is 0.879. The van der Waals surface area contributed by atoms with Gasteiger partial charge in [0.15, 0.2) is 0 Å². The van der Waals surface area contributed by atoms with Gasteiger partial charge in [-0.25, -0.2) is 0 Å². The summed E-state index contributed by atoms with van der Waals surface area (Å²) < 4.78 is 5.50. The van der Waals surface area contributed by atoms with E-state index in [1.54, 1.807) is 4.90 Å². The highest BCUT2D eigenvalue weighted by Crippen LogP contribution is 2.31. The van der Waals surface area contributed by atoms with E-state index in [-0.39, 0.29) is 0 Å². The van der Waals surface area contributed by atoms with Gasteiger partial charge in [-0.3, -0.25) is 0 Å². The first-order valence-electron chi connectivity index (χ1n) is 6.32. The largest absolute Gasteiger partial charge is 0.381 e. The van der Waals surface area contributed by atoms with Gasteiger partial charge in [-0.1, -0.05) is 0 Å². The SMILES string of the molecule is C=C1CCC2CC(OC)CCC2[NH+]1CC. The molecule has 2 fully saturated rings. The van der Waals surface area contributed by atoms with E-state index in [0.29, 0.717) is 6.10 Å². The highest BCUT2D eigenvalue weighted by Gasteiger charge is 2.40. The Morgan fingerprint density at radius 1 is 1.40 bits per heavy atom. The van der Waals surface area contributed by atoms with Crippen LogP contribution in [0.15, 0.2) is 12.3 Å². The molecule has 2 heteroatoms. The molecule has 1 saturated carbocycles. The van der Waals surface area contributed by atoms with Gasteiger partial charge >= 0.3 is 0 Å². The molecule has 1 saturated heterocycles. The summed E-state index contributed by atoms with van der Waals surface area (Å²) in [7, 11) is 1.86. The monoisotopic (exact) mass is 210 g/mol. The van der Waals surface area contributed by atoms with Crippen molar-refractivity contribution in [1.82, 2.24) is 0 Å². The lowest BCUT2D eigenvalue weighted by molar-refractivity contribution is -0.897. The number of fused-ring (bicyclic) bond motifs is 1. The van der Waals surface area contributed by atoms with Crippen LogP contribution in [-0.4, -0.2) is 25.8 Å². The Balaban J connectivity index is 2.04. The molecule has 1 heterocycles. The molecular formula is C13H24NO+. The predicted octanol–water partition coefficient (Wildman–Crippen LogP) is 1.38. The zero-order chi connectivity index (χ0) is 10.8. The molecule has 0 spiro atoms. The fraction of sp³-hybridized carbons (Fsp3) is 0.846. The predicted molar refractivity (Wildman–Crippen MR) is 61.8 cm³/mol. The maximum Gasteiger partial charge on any atom is 0.100 e. The number of hydrogen-bond donors (Lipinski definition) is 1. The molecule has 2 nitrogen and oxygen atoms in total. The molecule has 0 aromatic carbocycles. The van der Waals surface area contributed by atoms with Crippen molar-refractivity contribution < 1.29 is 9.64 Å². The summed E-state index contributed by atoms with van der Waals surface area (Å²) in [5.41, 5.74) is 1.44. The normalized spacial score (nSPS) is 41.3. The van der Waals surface area contributed by atoms with Gasteiger partial charge in [0.25, 0.3) is 0 Å². The molecule has 2 aliphatic rings. The van der Waals surface area contributed by atoms with Crippen molar-refractivity contribution in [2.24, 2.45) is 5.92 Å². The zero-order valence-corrected chi connectivity index (χ0v) is 10.1. The number of nitrogens with one attached hydrogen (secondary N) is 1. The first-order chi connectivity index (χ1) is 7.26. The lowest BCUT2D eigenvalue weighted by atomic mass is 9.76. The van der Waals surface area contributed by atoms with E-state index in [1.165, 1.54) is 44.3 Å². The van der Waals surface area contributed by atoms with Gasteiger partial charge in [-0.15, -0.1) is 0 Å². The summed E-state index contributed by atoms with van der Waals surface area (Å²) in [4.78, 5) is 1.67. The topological polar surface area (TPSA) is 13.7 Å². The van der Waals surface area contributed by atoms with Crippen LogP contribution >= 0.6 is 0 Å². The van der Waals surface area contributed by atoms with Crippen molar-refractivity contribution in [1.29, 1.82) is 0 Å². The van der Waals surface area contributed by atoms with Crippen LogP contribution in [0.2, 0.25) is 0 Å². The average molecular weight is 210 g/mol. The molecule has 1 aliphatic heterocycles. The van der Waals surface area contributed by atoms with Crippen LogP contribution < -0.4 is 4.90 Å². The molecule has 1 N–H and O–H groups in total. The van der Waals surface area contributed by atoms with Crippen LogP contribution in [0.5, 0.6) is 0 Å². The highest BCUT2D eigenvalue weighted by atomic mass is 16.5. The number of hydrogen-bond acceptors (Lipinski definition) is 1. The number of methoxy groups -OCH3 is 1. The first kappa shape index (κ1) is 11.2. The minimum atomic E-state index is 0.524. The van der Waals surface area contributed by atoms with Gasteiger partial charge in [-0.05, 0) is 32.8 Å². The fourth-order valence-corrected chi connectivity index (χ4v) is 3.51. The Labute approximate surface area is 93.3 Å². The third-order valence-electron chi connectivity index (χ3n) is 4.37. The van der Waals surface area contributed by atoms with Gasteiger partial charge in [0, 0.05) is 25.9 Å². The van der Waals surface area contributed by atoms with Crippen molar-refractivity contribution in [3.8, 4) is 0 Å². The number of allylic oxidation sites excluding steroid dienone is 1. The van der Waals surface area contributed by atoms with Crippen LogP contribution in [0, 0.1) is 5.92 Å². The number of rotatable bonds is 2. The number of ether oxygens (including phenoxy) is 1. The molecule has 4 unspecified atom stereocenters. The van der Waals surface area contributed by atoms with Crippen molar-refractivity contribution in [2.75, 3.05) is 13.7 Å². The third kappa shape index (κ3) is 2.11. The molecule has 0 aromatic heterocycles. The second-order valence-electron chi connectivity index (χ2n) is 5.06. The van der Waals surface area contributed by atoms with Crippen LogP contribution in [0.1, 0.15) is 39.0 Å². The van der Waals surface area contributed by atoms with Crippen LogP contribution in [-0.2, 0) is 4.74 Å². The number of quaternary nitrogens is 1. The van der Waals surface area contributed by atoms with Crippen LogP contribution in [0.25, 0.3) is 0 Å². The second-order valence-corrected chi connectivity index (χ2v) is 5.06. The molecule has 4 atom stereocenters. The zero-order valence-electron chi connectivity index (χ0n) is 10.1. The molecule has 1 aliphatic carbocycles. The Bertz CT molecular complexity index is 239. The molecule has 0 aromatic rings. The standard InChI is InChI=1S/C13H23NO/c1-4-14-10(2)5-6-11-9-12(15-3)7-8-13(11)14/h11-13H,2,4-9H2,1,3H3/p+1. The van der Waals surface area contributed by atoms with Gasteiger partial charge in [0.2, 0.25) is 0 Å². The van der Waals surface area contributed by atoms with Crippen molar-refractivity contribution >= 4 is 0 Å². The van der Waals surface area contributed by atoms with E-state index in [2.05, 4.69) is 13.5 Å². The summed E-state index contributed by atoms with van der Waals surface area (Å²) >= 11 is 0. The summed E-state index contributed by atoms with van der Waals surface area (Å²) in [6.07, 6.45) is 6.93. The lowest BCUT2D eigenvalue weighted by Crippen LogP contribution is -3.15. The first-order valence-corrected chi connectivity index (χ1v) is 6.32. The quantitative estimate of drug-likeness (QED) is 0.727.